The smallest absolute Gasteiger partial charge is 0.262 e. The van der Waals surface area contributed by atoms with Crippen molar-refractivity contribution in [2.75, 3.05) is 17.3 Å². The first-order valence-electron chi connectivity index (χ1n) is 9.05. The number of carbonyl (C=O) groups excluding carboxylic acids is 1. The second-order valence-corrected chi connectivity index (χ2v) is 8.55. The highest BCUT2D eigenvalue weighted by atomic mass is 32.2. The molecule has 146 valence electrons. The van der Waals surface area contributed by atoms with Gasteiger partial charge in [0, 0.05) is 11.4 Å². The summed E-state index contributed by atoms with van der Waals surface area (Å²) in [5, 5.41) is 4.13. The number of nitrogens with one attached hydrogen (secondary N) is 1. The summed E-state index contributed by atoms with van der Waals surface area (Å²) < 4.78 is 1.68. The van der Waals surface area contributed by atoms with Gasteiger partial charge in [-0.3, -0.25) is 14.2 Å². The zero-order valence-electron chi connectivity index (χ0n) is 16.1. The molecule has 2 aromatic carbocycles. The van der Waals surface area contributed by atoms with Crippen molar-refractivity contribution in [3.05, 3.63) is 58.9 Å². The molecule has 0 aliphatic carbocycles. The summed E-state index contributed by atoms with van der Waals surface area (Å²) in [7, 11) is 0. The van der Waals surface area contributed by atoms with Crippen LogP contribution < -0.4 is 10.9 Å². The summed E-state index contributed by atoms with van der Waals surface area (Å²) in [5.74, 6) is 0.360. The molecule has 0 fully saturated rings. The summed E-state index contributed by atoms with van der Waals surface area (Å²) in [6.45, 7) is 4.68. The second-order valence-electron chi connectivity index (χ2n) is 6.76. The fourth-order valence-corrected chi connectivity index (χ4v) is 4.21. The minimum Gasteiger partial charge on any atom is -0.324 e. The van der Waals surface area contributed by atoms with Crippen LogP contribution in [0.15, 0.2) is 63.4 Å². The van der Waals surface area contributed by atoms with Gasteiger partial charge in [0.05, 0.1) is 22.3 Å². The fourth-order valence-electron chi connectivity index (χ4n) is 2.85. The van der Waals surface area contributed by atoms with Gasteiger partial charge in [-0.25, -0.2) is 4.98 Å². The Hall–Kier alpha value is -2.25. The lowest BCUT2D eigenvalue weighted by atomic mass is 10.2. The van der Waals surface area contributed by atoms with Crippen molar-refractivity contribution in [2.45, 2.75) is 30.4 Å². The second kappa shape index (κ2) is 9.30. The average molecular weight is 414 g/mol. The van der Waals surface area contributed by atoms with E-state index in [2.05, 4.69) is 24.1 Å². The molecule has 1 N–H and O–H groups in total. The van der Waals surface area contributed by atoms with Crippen molar-refractivity contribution in [1.82, 2.24) is 9.55 Å². The van der Waals surface area contributed by atoms with Crippen LogP contribution >= 0.6 is 23.5 Å². The molecule has 1 aromatic heterocycles. The molecule has 0 spiro atoms. The minimum absolute atomic E-state index is 0.0602. The third-order valence-corrected chi connectivity index (χ3v) is 5.86. The normalized spacial score (nSPS) is 11.1. The molecule has 0 radical (unpaired) electrons. The fraction of sp³-hybridized carbons (Fsp3) is 0.286. The Morgan fingerprint density at radius 1 is 1.14 bits per heavy atom. The van der Waals surface area contributed by atoms with Crippen molar-refractivity contribution in [1.29, 1.82) is 0 Å². The molecule has 0 unspecified atom stereocenters. The van der Waals surface area contributed by atoms with Crippen molar-refractivity contribution in [3.63, 3.8) is 0 Å². The van der Waals surface area contributed by atoms with Gasteiger partial charge >= 0.3 is 0 Å². The molecule has 0 saturated heterocycles. The quantitative estimate of drug-likeness (QED) is 0.456. The van der Waals surface area contributed by atoms with Crippen LogP contribution in [0.25, 0.3) is 10.9 Å². The van der Waals surface area contributed by atoms with E-state index in [-0.39, 0.29) is 17.2 Å². The summed E-state index contributed by atoms with van der Waals surface area (Å²) >= 11 is 2.88. The number of hydrogen-bond donors (Lipinski definition) is 1. The first-order valence-corrected chi connectivity index (χ1v) is 11.3. The number of para-hydroxylation sites is 2. The lowest BCUT2D eigenvalue weighted by Gasteiger charge is -2.15. The average Bonchev–Trinajstić information content (AvgIpc) is 2.69. The van der Waals surface area contributed by atoms with Crippen LogP contribution in [-0.4, -0.2) is 27.5 Å². The molecule has 1 heterocycles. The van der Waals surface area contributed by atoms with Gasteiger partial charge in [-0.15, -0.1) is 11.8 Å². The van der Waals surface area contributed by atoms with E-state index in [1.807, 2.05) is 48.7 Å². The molecule has 0 bridgehead atoms. The maximum absolute atomic E-state index is 12.9. The number of carbonyl (C=O) groups is 1. The highest BCUT2D eigenvalue weighted by Gasteiger charge is 2.14. The third kappa shape index (κ3) is 4.77. The number of aromatic nitrogens is 2. The number of rotatable bonds is 7. The molecule has 0 aliphatic heterocycles. The highest BCUT2D eigenvalue weighted by molar-refractivity contribution is 7.99. The van der Waals surface area contributed by atoms with Gasteiger partial charge in [0.1, 0.15) is 0 Å². The van der Waals surface area contributed by atoms with Crippen molar-refractivity contribution in [2.24, 2.45) is 5.92 Å². The van der Waals surface area contributed by atoms with Gasteiger partial charge in [0.15, 0.2) is 5.16 Å². The van der Waals surface area contributed by atoms with E-state index >= 15 is 0 Å². The number of fused-ring (bicyclic) bond motifs is 1. The van der Waals surface area contributed by atoms with Crippen LogP contribution in [0, 0.1) is 5.92 Å². The Morgan fingerprint density at radius 3 is 2.61 bits per heavy atom. The number of nitrogens with zero attached hydrogens (tertiary/aromatic N) is 2. The summed E-state index contributed by atoms with van der Waals surface area (Å²) in [6, 6.07) is 15.0. The SMILES string of the molecule is CSc1ccccc1NC(=O)CSc1nc2ccccc2c(=O)n1CC(C)C. The van der Waals surface area contributed by atoms with Crippen molar-refractivity contribution < 1.29 is 4.79 Å². The van der Waals surface area contributed by atoms with Gasteiger partial charge in [0.25, 0.3) is 5.56 Å². The minimum atomic E-state index is -0.120. The van der Waals surface area contributed by atoms with Crippen LogP contribution in [-0.2, 0) is 11.3 Å². The highest BCUT2D eigenvalue weighted by Crippen LogP contribution is 2.25. The molecular formula is C21H23N3O2S2. The Labute approximate surface area is 172 Å². The van der Waals surface area contributed by atoms with E-state index in [1.165, 1.54) is 11.8 Å². The predicted molar refractivity (Wildman–Crippen MR) is 118 cm³/mol. The van der Waals surface area contributed by atoms with E-state index in [0.717, 1.165) is 10.6 Å². The van der Waals surface area contributed by atoms with Gasteiger partial charge < -0.3 is 5.32 Å². The van der Waals surface area contributed by atoms with Crippen LogP contribution in [0.1, 0.15) is 13.8 Å². The van der Waals surface area contributed by atoms with Crippen LogP contribution in [0.3, 0.4) is 0 Å². The maximum Gasteiger partial charge on any atom is 0.262 e. The van der Waals surface area contributed by atoms with E-state index in [1.54, 1.807) is 22.4 Å². The topological polar surface area (TPSA) is 64.0 Å². The first-order chi connectivity index (χ1) is 13.5. The van der Waals surface area contributed by atoms with Gasteiger partial charge in [-0.2, -0.15) is 0 Å². The van der Waals surface area contributed by atoms with E-state index in [4.69, 9.17) is 0 Å². The van der Waals surface area contributed by atoms with Gasteiger partial charge in [-0.1, -0.05) is 49.9 Å². The molecule has 3 aromatic rings. The lowest BCUT2D eigenvalue weighted by Crippen LogP contribution is -2.26. The number of amides is 1. The Morgan fingerprint density at radius 2 is 1.86 bits per heavy atom. The number of anilines is 1. The summed E-state index contributed by atoms with van der Waals surface area (Å²) in [4.78, 5) is 31.0. The zero-order valence-corrected chi connectivity index (χ0v) is 17.8. The third-order valence-electron chi connectivity index (χ3n) is 4.09. The van der Waals surface area contributed by atoms with E-state index in [0.29, 0.717) is 28.5 Å². The monoisotopic (exact) mass is 413 g/mol. The Bertz CT molecular complexity index is 1050. The van der Waals surface area contributed by atoms with Crippen molar-refractivity contribution in [3.8, 4) is 0 Å². The zero-order chi connectivity index (χ0) is 20.1. The lowest BCUT2D eigenvalue weighted by molar-refractivity contribution is -0.113. The van der Waals surface area contributed by atoms with E-state index in [9.17, 15) is 9.59 Å². The Kier molecular flexibility index (Phi) is 6.80. The van der Waals surface area contributed by atoms with E-state index < -0.39 is 0 Å². The summed E-state index contributed by atoms with van der Waals surface area (Å²) in [5.41, 5.74) is 1.39. The van der Waals surface area contributed by atoms with Crippen molar-refractivity contribution >= 4 is 46.0 Å². The summed E-state index contributed by atoms with van der Waals surface area (Å²) in [6.07, 6.45) is 1.98. The maximum atomic E-state index is 12.9. The Balaban J connectivity index is 1.83. The molecule has 5 nitrogen and oxygen atoms in total. The molecule has 1 amide bonds. The predicted octanol–water partition coefficient (Wildman–Crippen LogP) is 4.51. The molecular weight excluding hydrogens is 390 g/mol. The largest absolute Gasteiger partial charge is 0.324 e. The molecule has 0 aliphatic rings. The molecule has 7 heteroatoms. The number of thioether (sulfide) groups is 2. The van der Waals surface area contributed by atoms with Crippen LogP contribution in [0.4, 0.5) is 5.69 Å². The molecule has 0 atom stereocenters. The molecule has 0 saturated carbocycles. The van der Waals surface area contributed by atoms with Crippen LogP contribution in [0.5, 0.6) is 0 Å². The van der Waals surface area contributed by atoms with Crippen LogP contribution in [0.2, 0.25) is 0 Å². The number of hydrogen-bond acceptors (Lipinski definition) is 5. The van der Waals surface area contributed by atoms with Gasteiger partial charge in [-0.05, 0) is 36.4 Å². The number of benzene rings is 2. The standard InChI is InChI=1S/C21H23N3O2S2/c1-14(2)12-24-20(26)15-8-4-5-9-16(15)23-21(24)28-13-19(25)22-17-10-6-7-11-18(17)27-3/h4-11,14H,12-13H2,1-3H3,(H,22,25). The first kappa shape index (κ1) is 20.5. The molecule has 28 heavy (non-hydrogen) atoms. The van der Waals surface area contributed by atoms with Gasteiger partial charge in [0.2, 0.25) is 5.91 Å². The molecule has 3 rings (SSSR count).